The smallest absolute Gasteiger partial charge is 0.0359 e. The van der Waals surface area contributed by atoms with Crippen molar-refractivity contribution in [1.82, 2.24) is 10.2 Å². The summed E-state index contributed by atoms with van der Waals surface area (Å²) in [5.41, 5.74) is 8.04. The minimum absolute atomic E-state index is 0.616. The molecule has 0 saturated carbocycles. The zero-order valence-electron chi connectivity index (χ0n) is 10.8. The Kier molecular flexibility index (Phi) is 4.02. The lowest BCUT2D eigenvalue weighted by Crippen LogP contribution is -2.46. The molecule has 3 nitrogen and oxygen atoms in total. The van der Waals surface area contributed by atoms with Gasteiger partial charge in [-0.15, -0.1) is 0 Å². The lowest BCUT2D eigenvalue weighted by Gasteiger charge is -2.35. The molecule has 0 radical (unpaired) electrons. The molecule has 3 heteroatoms. The van der Waals surface area contributed by atoms with E-state index in [1.165, 1.54) is 25.1 Å². The molecule has 0 spiro atoms. The molecular formula is C14H23N3. The molecule has 0 amide bonds. The Balaban J connectivity index is 1.88. The highest BCUT2D eigenvalue weighted by atomic mass is 15.1. The first kappa shape index (κ1) is 12.4. The van der Waals surface area contributed by atoms with Gasteiger partial charge in [0.15, 0.2) is 0 Å². The number of nitrogens with zero attached hydrogens (tertiary/aromatic N) is 1. The Hall–Kier alpha value is -1.06. The Morgan fingerprint density at radius 3 is 2.88 bits per heavy atom. The van der Waals surface area contributed by atoms with Gasteiger partial charge in [-0.1, -0.05) is 25.1 Å². The first-order valence-electron chi connectivity index (χ1n) is 6.42. The van der Waals surface area contributed by atoms with Crippen LogP contribution in [0, 0.1) is 5.92 Å². The molecule has 2 unspecified atom stereocenters. The molecule has 0 aromatic heterocycles. The molecule has 1 heterocycles. The second-order valence-electron chi connectivity index (χ2n) is 5.21. The van der Waals surface area contributed by atoms with Crippen molar-refractivity contribution in [3.05, 3.63) is 29.8 Å². The molecule has 2 rings (SSSR count). The van der Waals surface area contributed by atoms with E-state index in [0.29, 0.717) is 12.0 Å². The van der Waals surface area contributed by atoms with Crippen LogP contribution in [0.25, 0.3) is 0 Å². The summed E-state index contributed by atoms with van der Waals surface area (Å²) in [6.07, 6.45) is 1.23. The number of benzene rings is 1. The number of likely N-dealkylation sites (tertiary alicyclic amines) is 1. The summed E-state index contributed by atoms with van der Waals surface area (Å²) in [5.74, 6) is 0.707. The van der Waals surface area contributed by atoms with Crippen molar-refractivity contribution >= 4 is 5.69 Å². The number of para-hydroxylation sites is 1. The van der Waals surface area contributed by atoms with E-state index in [-0.39, 0.29) is 0 Å². The predicted octanol–water partition coefficient (Wildman–Crippen LogP) is 1.70. The maximum atomic E-state index is 5.94. The van der Waals surface area contributed by atoms with Gasteiger partial charge in [0.05, 0.1) is 0 Å². The van der Waals surface area contributed by atoms with E-state index in [1.807, 2.05) is 18.2 Å². The zero-order valence-corrected chi connectivity index (χ0v) is 10.8. The average molecular weight is 233 g/mol. The Bertz CT molecular complexity index is 364. The third kappa shape index (κ3) is 3.20. The molecule has 1 saturated heterocycles. The van der Waals surface area contributed by atoms with Gasteiger partial charge in [-0.2, -0.15) is 0 Å². The molecule has 1 aromatic carbocycles. The standard InChI is InChI=1S/C14H23N3/c1-11-10-17(2)8-7-14(11)16-9-12-5-3-4-6-13(12)15/h3-6,11,14,16H,7-10,15H2,1-2H3. The lowest BCUT2D eigenvalue weighted by atomic mass is 9.94. The molecule has 1 fully saturated rings. The van der Waals surface area contributed by atoms with Crippen molar-refractivity contribution in [2.24, 2.45) is 5.92 Å². The van der Waals surface area contributed by atoms with Crippen LogP contribution in [-0.4, -0.2) is 31.1 Å². The molecule has 3 N–H and O–H groups in total. The van der Waals surface area contributed by atoms with Crippen LogP contribution >= 0.6 is 0 Å². The monoisotopic (exact) mass is 233 g/mol. The SMILES string of the molecule is CC1CN(C)CCC1NCc1ccccc1N. The van der Waals surface area contributed by atoms with Gasteiger partial charge in [0.25, 0.3) is 0 Å². The number of hydrogen-bond donors (Lipinski definition) is 2. The number of anilines is 1. The maximum Gasteiger partial charge on any atom is 0.0359 e. The third-order valence-corrected chi connectivity index (χ3v) is 3.72. The summed E-state index contributed by atoms with van der Waals surface area (Å²) in [7, 11) is 2.20. The predicted molar refractivity (Wildman–Crippen MR) is 72.8 cm³/mol. The minimum Gasteiger partial charge on any atom is -0.398 e. The quantitative estimate of drug-likeness (QED) is 0.781. The molecular weight excluding hydrogens is 210 g/mol. The van der Waals surface area contributed by atoms with Crippen LogP contribution in [0.1, 0.15) is 18.9 Å². The minimum atomic E-state index is 0.616. The number of nitrogens with two attached hydrogens (primary N) is 1. The summed E-state index contributed by atoms with van der Waals surface area (Å²) in [4.78, 5) is 2.40. The molecule has 17 heavy (non-hydrogen) atoms. The first-order valence-corrected chi connectivity index (χ1v) is 6.42. The summed E-state index contributed by atoms with van der Waals surface area (Å²) in [5, 5.41) is 3.64. The van der Waals surface area contributed by atoms with E-state index in [2.05, 4.69) is 30.3 Å². The number of nitrogen functional groups attached to an aromatic ring is 1. The number of piperidine rings is 1. The van der Waals surface area contributed by atoms with Crippen molar-refractivity contribution in [3.8, 4) is 0 Å². The Morgan fingerprint density at radius 1 is 1.41 bits per heavy atom. The van der Waals surface area contributed by atoms with Crippen molar-refractivity contribution in [3.63, 3.8) is 0 Å². The molecule has 0 bridgehead atoms. The second-order valence-corrected chi connectivity index (χ2v) is 5.21. The van der Waals surface area contributed by atoms with Crippen LogP contribution in [0.15, 0.2) is 24.3 Å². The zero-order chi connectivity index (χ0) is 12.3. The molecule has 1 aliphatic rings. The number of rotatable bonds is 3. The fraction of sp³-hybridized carbons (Fsp3) is 0.571. The average Bonchev–Trinajstić information content (AvgIpc) is 2.30. The molecule has 94 valence electrons. The van der Waals surface area contributed by atoms with E-state index in [0.717, 1.165) is 12.2 Å². The van der Waals surface area contributed by atoms with E-state index in [4.69, 9.17) is 5.73 Å². The van der Waals surface area contributed by atoms with Gasteiger partial charge in [0, 0.05) is 24.8 Å². The van der Waals surface area contributed by atoms with Gasteiger partial charge >= 0.3 is 0 Å². The Morgan fingerprint density at radius 2 is 2.18 bits per heavy atom. The molecule has 0 aliphatic carbocycles. The van der Waals surface area contributed by atoms with Gasteiger partial charge in [-0.25, -0.2) is 0 Å². The van der Waals surface area contributed by atoms with Crippen LogP contribution in [0.5, 0.6) is 0 Å². The lowest BCUT2D eigenvalue weighted by molar-refractivity contribution is 0.174. The topological polar surface area (TPSA) is 41.3 Å². The summed E-state index contributed by atoms with van der Waals surface area (Å²) < 4.78 is 0. The van der Waals surface area contributed by atoms with Crippen molar-refractivity contribution in [2.75, 3.05) is 25.9 Å². The van der Waals surface area contributed by atoms with Gasteiger partial charge in [0.2, 0.25) is 0 Å². The highest BCUT2D eigenvalue weighted by Crippen LogP contribution is 2.17. The van der Waals surface area contributed by atoms with Crippen molar-refractivity contribution in [1.29, 1.82) is 0 Å². The van der Waals surface area contributed by atoms with Crippen LogP contribution < -0.4 is 11.1 Å². The van der Waals surface area contributed by atoms with E-state index in [1.54, 1.807) is 0 Å². The van der Waals surface area contributed by atoms with Gasteiger partial charge < -0.3 is 16.0 Å². The van der Waals surface area contributed by atoms with E-state index in [9.17, 15) is 0 Å². The summed E-state index contributed by atoms with van der Waals surface area (Å²) in [6.45, 7) is 5.57. The number of hydrogen-bond acceptors (Lipinski definition) is 3. The molecule has 2 atom stereocenters. The fourth-order valence-corrected chi connectivity index (χ4v) is 2.59. The van der Waals surface area contributed by atoms with Gasteiger partial charge in [-0.3, -0.25) is 0 Å². The van der Waals surface area contributed by atoms with E-state index < -0.39 is 0 Å². The third-order valence-electron chi connectivity index (χ3n) is 3.72. The molecule has 1 aliphatic heterocycles. The van der Waals surface area contributed by atoms with Crippen molar-refractivity contribution in [2.45, 2.75) is 25.9 Å². The molecule has 1 aromatic rings. The van der Waals surface area contributed by atoms with Crippen molar-refractivity contribution < 1.29 is 0 Å². The summed E-state index contributed by atoms with van der Waals surface area (Å²) in [6, 6.07) is 8.71. The highest BCUT2D eigenvalue weighted by Gasteiger charge is 2.23. The van der Waals surface area contributed by atoms with Gasteiger partial charge in [0.1, 0.15) is 0 Å². The Labute approximate surface area is 104 Å². The van der Waals surface area contributed by atoms with E-state index >= 15 is 0 Å². The van der Waals surface area contributed by atoms with Crippen LogP contribution in [0.4, 0.5) is 5.69 Å². The first-order chi connectivity index (χ1) is 8.16. The highest BCUT2D eigenvalue weighted by molar-refractivity contribution is 5.46. The summed E-state index contributed by atoms with van der Waals surface area (Å²) >= 11 is 0. The van der Waals surface area contributed by atoms with Crippen LogP contribution in [-0.2, 0) is 6.54 Å². The van der Waals surface area contributed by atoms with Crippen LogP contribution in [0.3, 0.4) is 0 Å². The normalized spacial score (nSPS) is 26.0. The fourth-order valence-electron chi connectivity index (χ4n) is 2.59. The van der Waals surface area contributed by atoms with Gasteiger partial charge in [-0.05, 0) is 37.6 Å². The largest absolute Gasteiger partial charge is 0.398 e. The second kappa shape index (κ2) is 5.52. The van der Waals surface area contributed by atoms with Crippen LogP contribution in [0.2, 0.25) is 0 Å². The maximum absolute atomic E-state index is 5.94. The number of nitrogens with one attached hydrogen (secondary N) is 1.